The van der Waals surface area contributed by atoms with E-state index < -0.39 is 0 Å². The van der Waals surface area contributed by atoms with Gasteiger partial charge >= 0.3 is 0 Å². The smallest absolute Gasteiger partial charge is 0.193 e. The Balaban J connectivity index is 0.00000243. The molecule has 5 nitrogen and oxygen atoms in total. The lowest BCUT2D eigenvalue weighted by Crippen LogP contribution is -2.43. The minimum Gasteiger partial charge on any atom is -0.468 e. The Kier molecular flexibility index (Phi) is 7.96. The second kappa shape index (κ2) is 9.97. The van der Waals surface area contributed by atoms with Crippen molar-refractivity contribution in [3.05, 3.63) is 60.1 Å². The minimum atomic E-state index is 0. The maximum Gasteiger partial charge on any atom is 0.193 e. The molecule has 142 valence electrons. The van der Waals surface area contributed by atoms with Crippen LogP contribution in [0, 0.1) is 0 Å². The van der Waals surface area contributed by atoms with Gasteiger partial charge in [-0.1, -0.05) is 30.3 Å². The molecule has 0 radical (unpaired) electrons. The fraction of sp³-hybridized carbons (Fsp3) is 0.450. The fourth-order valence-corrected chi connectivity index (χ4v) is 3.49. The third kappa shape index (κ3) is 5.01. The first-order chi connectivity index (χ1) is 12.2. The number of likely N-dealkylation sites (tertiary alicyclic amines) is 1. The normalized spacial score (nSPS) is 18.7. The molecule has 2 heterocycles. The van der Waals surface area contributed by atoms with Crippen LogP contribution in [0.1, 0.15) is 29.7 Å². The van der Waals surface area contributed by atoms with Crippen molar-refractivity contribution in [2.75, 3.05) is 40.8 Å². The average molecular weight is 468 g/mol. The lowest BCUT2D eigenvalue weighted by molar-refractivity contribution is 0.256. The Hall–Kier alpha value is -1.54. The number of furan rings is 1. The quantitative estimate of drug-likeness (QED) is 0.414. The van der Waals surface area contributed by atoms with E-state index in [0.29, 0.717) is 5.92 Å². The van der Waals surface area contributed by atoms with Crippen LogP contribution in [0.5, 0.6) is 0 Å². The lowest BCUT2D eigenvalue weighted by atomic mass is 9.99. The molecule has 26 heavy (non-hydrogen) atoms. The molecule has 1 aliphatic rings. The van der Waals surface area contributed by atoms with Crippen molar-refractivity contribution in [3.63, 3.8) is 0 Å². The third-order valence-corrected chi connectivity index (χ3v) is 4.92. The van der Waals surface area contributed by atoms with Crippen molar-refractivity contribution in [2.24, 2.45) is 4.99 Å². The standard InChI is InChI=1S/C20H28N4O.HI/c1-21-20(22-14-18(23(2)3)19-10-7-13-25-19)24-12-11-17(15-24)16-8-5-4-6-9-16;/h4-10,13,17-18H,11-12,14-15H2,1-3H3,(H,21,22);1H. The first-order valence-electron chi connectivity index (χ1n) is 8.89. The minimum absolute atomic E-state index is 0. The van der Waals surface area contributed by atoms with Crippen molar-refractivity contribution >= 4 is 29.9 Å². The number of likely N-dealkylation sites (N-methyl/N-ethyl adjacent to an activating group) is 1. The first-order valence-corrected chi connectivity index (χ1v) is 8.89. The van der Waals surface area contributed by atoms with Crippen LogP contribution in [0.15, 0.2) is 58.1 Å². The van der Waals surface area contributed by atoms with E-state index in [1.165, 1.54) is 12.0 Å². The highest BCUT2D eigenvalue weighted by atomic mass is 127. The van der Waals surface area contributed by atoms with Crippen LogP contribution in [0.4, 0.5) is 0 Å². The van der Waals surface area contributed by atoms with Crippen molar-refractivity contribution in [1.29, 1.82) is 0 Å². The van der Waals surface area contributed by atoms with Gasteiger partial charge in [-0.05, 0) is 38.2 Å². The van der Waals surface area contributed by atoms with Gasteiger partial charge in [0.05, 0.1) is 12.3 Å². The Labute approximate surface area is 173 Å². The van der Waals surface area contributed by atoms with Crippen LogP contribution in [-0.4, -0.2) is 56.5 Å². The second-order valence-corrected chi connectivity index (χ2v) is 6.77. The maximum absolute atomic E-state index is 5.59. The highest BCUT2D eigenvalue weighted by Gasteiger charge is 2.26. The molecule has 0 saturated carbocycles. The monoisotopic (exact) mass is 468 g/mol. The van der Waals surface area contributed by atoms with E-state index in [1.807, 2.05) is 19.2 Å². The summed E-state index contributed by atoms with van der Waals surface area (Å²) in [6, 6.07) is 14.9. The molecular weight excluding hydrogens is 439 g/mol. The molecule has 1 aliphatic heterocycles. The molecule has 0 bridgehead atoms. The molecule has 0 spiro atoms. The number of halogens is 1. The molecule has 1 aromatic carbocycles. The predicted octanol–water partition coefficient (Wildman–Crippen LogP) is 3.57. The molecule has 1 saturated heterocycles. The topological polar surface area (TPSA) is 44.0 Å². The van der Waals surface area contributed by atoms with Crippen LogP contribution < -0.4 is 5.32 Å². The van der Waals surface area contributed by atoms with E-state index in [-0.39, 0.29) is 30.0 Å². The largest absolute Gasteiger partial charge is 0.468 e. The van der Waals surface area contributed by atoms with Gasteiger partial charge in [0, 0.05) is 32.6 Å². The number of aliphatic imine (C=N–C) groups is 1. The molecule has 3 rings (SSSR count). The second-order valence-electron chi connectivity index (χ2n) is 6.77. The summed E-state index contributed by atoms with van der Waals surface area (Å²) in [5.41, 5.74) is 1.42. The SMILES string of the molecule is CN=C(NCC(c1ccco1)N(C)C)N1CCC(c2ccccc2)C1.I. The number of benzene rings is 1. The van der Waals surface area contributed by atoms with Crippen molar-refractivity contribution in [2.45, 2.75) is 18.4 Å². The van der Waals surface area contributed by atoms with Gasteiger partial charge in [-0.15, -0.1) is 24.0 Å². The van der Waals surface area contributed by atoms with E-state index in [9.17, 15) is 0 Å². The lowest BCUT2D eigenvalue weighted by Gasteiger charge is -2.27. The Bertz CT molecular complexity index is 672. The summed E-state index contributed by atoms with van der Waals surface area (Å²) in [5.74, 6) is 2.52. The average Bonchev–Trinajstić information content (AvgIpc) is 3.31. The highest BCUT2D eigenvalue weighted by Crippen LogP contribution is 2.27. The zero-order chi connectivity index (χ0) is 17.6. The van der Waals surface area contributed by atoms with Gasteiger partial charge in [0.15, 0.2) is 5.96 Å². The molecule has 2 atom stereocenters. The van der Waals surface area contributed by atoms with Crippen LogP contribution in [0.25, 0.3) is 0 Å². The summed E-state index contributed by atoms with van der Waals surface area (Å²) in [6.07, 6.45) is 2.89. The number of hydrogen-bond acceptors (Lipinski definition) is 3. The van der Waals surface area contributed by atoms with Crippen LogP contribution in [0.2, 0.25) is 0 Å². The van der Waals surface area contributed by atoms with E-state index in [4.69, 9.17) is 4.42 Å². The van der Waals surface area contributed by atoms with Gasteiger partial charge in [-0.3, -0.25) is 9.89 Å². The van der Waals surface area contributed by atoms with Crippen molar-refractivity contribution < 1.29 is 4.42 Å². The number of nitrogens with zero attached hydrogens (tertiary/aromatic N) is 3. The summed E-state index contributed by atoms with van der Waals surface area (Å²) in [4.78, 5) is 9.01. The molecule has 2 aromatic rings. The maximum atomic E-state index is 5.59. The zero-order valence-electron chi connectivity index (χ0n) is 15.8. The summed E-state index contributed by atoms with van der Waals surface area (Å²) in [5, 5.41) is 3.53. The van der Waals surface area contributed by atoms with E-state index in [1.54, 1.807) is 6.26 Å². The summed E-state index contributed by atoms with van der Waals surface area (Å²) in [7, 11) is 5.99. The highest BCUT2D eigenvalue weighted by molar-refractivity contribution is 14.0. The molecule has 1 fully saturated rings. The first kappa shape index (κ1) is 20.8. The number of nitrogens with one attached hydrogen (secondary N) is 1. The number of guanidine groups is 1. The van der Waals surface area contributed by atoms with Crippen molar-refractivity contribution in [3.8, 4) is 0 Å². The van der Waals surface area contributed by atoms with E-state index >= 15 is 0 Å². The van der Waals surface area contributed by atoms with Crippen LogP contribution in [-0.2, 0) is 0 Å². The van der Waals surface area contributed by atoms with Gasteiger partial charge < -0.3 is 14.6 Å². The van der Waals surface area contributed by atoms with Crippen molar-refractivity contribution in [1.82, 2.24) is 15.1 Å². The summed E-state index contributed by atoms with van der Waals surface area (Å²) >= 11 is 0. The van der Waals surface area contributed by atoms with E-state index in [2.05, 4.69) is 64.5 Å². The number of rotatable bonds is 5. The molecule has 1 aromatic heterocycles. The van der Waals surface area contributed by atoms with Gasteiger partial charge in [-0.25, -0.2) is 0 Å². The molecule has 0 amide bonds. The van der Waals surface area contributed by atoms with Gasteiger partial charge in [0.1, 0.15) is 5.76 Å². The predicted molar refractivity (Wildman–Crippen MR) is 117 cm³/mol. The summed E-state index contributed by atoms with van der Waals surface area (Å²) in [6.45, 7) is 2.81. The van der Waals surface area contributed by atoms with Gasteiger partial charge in [0.25, 0.3) is 0 Å². The van der Waals surface area contributed by atoms with Gasteiger partial charge in [0.2, 0.25) is 0 Å². The Morgan fingerprint density at radius 1 is 1.27 bits per heavy atom. The fourth-order valence-electron chi connectivity index (χ4n) is 3.49. The van der Waals surface area contributed by atoms with Gasteiger partial charge in [-0.2, -0.15) is 0 Å². The van der Waals surface area contributed by atoms with Crippen LogP contribution >= 0.6 is 24.0 Å². The zero-order valence-corrected chi connectivity index (χ0v) is 18.1. The molecule has 0 aliphatic carbocycles. The molecule has 1 N–H and O–H groups in total. The number of hydrogen-bond donors (Lipinski definition) is 1. The molecule has 6 heteroatoms. The molecule has 2 unspecified atom stereocenters. The third-order valence-electron chi connectivity index (χ3n) is 4.92. The Morgan fingerprint density at radius 2 is 2.04 bits per heavy atom. The van der Waals surface area contributed by atoms with Crippen LogP contribution in [0.3, 0.4) is 0 Å². The summed E-state index contributed by atoms with van der Waals surface area (Å²) < 4.78 is 5.59. The van der Waals surface area contributed by atoms with E-state index in [0.717, 1.165) is 31.4 Å². The molecular formula is C20H29IN4O. The Morgan fingerprint density at radius 3 is 2.65 bits per heavy atom.